The molecule has 1 fully saturated rings. The van der Waals surface area contributed by atoms with E-state index in [2.05, 4.69) is 20.7 Å². The Labute approximate surface area is 137 Å². The maximum atomic E-state index is 13.6. The Morgan fingerprint density at radius 1 is 1.55 bits per heavy atom. The van der Waals surface area contributed by atoms with Gasteiger partial charge in [-0.1, -0.05) is 6.07 Å². The molecule has 0 spiro atoms. The Morgan fingerprint density at radius 3 is 2.77 bits per heavy atom. The van der Waals surface area contributed by atoms with E-state index in [-0.39, 0.29) is 6.04 Å². The monoisotopic (exact) mass is 392 g/mol. The molecule has 3 N–H and O–H groups in total. The normalized spacial score (nSPS) is 25.3. The number of amides is 1. The lowest BCUT2D eigenvalue weighted by Gasteiger charge is -2.26. The smallest absolute Gasteiger partial charge is 0.224 e. The lowest BCUT2D eigenvalue weighted by Crippen LogP contribution is -2.40. The minimum atomic E-state index is -3.34. The van der Waals surface area contributed by atoms with E-state index < -0.39 is 27.2 Å². The van der Waals surface area contributed by atoms with Crippen LogP contribution in [-0.4, -0.2) is 26.6 Å². The Hall–Kier alpha value is -0.990. The summed E-state index contributed by atoms with van der Waals surface area (Å²) in [5.74, 6) is -0.880. The van der Waals surface area contributed by atoms with E-state index in [1.54, 1.807) is 12.1 Å². The van der Waals surface area contributed by atoms with Crippen LogP contribution in [0.1, 0.15) is 24.8 Å². The van der Waals surface area contributed by atoms with E-state index in [1.807, 2.05) is 0 Å². The van der Waals surface area contributed by atoms with Crippen molar-refractivity contribution in [2.24, 2.45) is 11.1 Å². The lowest BCUT2D eigenvalue weighted by molar-refractivity contribution is -0.127. The van der Waals surface area contributed by atoms with E-state index in [0.29, 0.717) is 35.7 Å². The average Bonchev–Trinajstić information content (AvgIpc) is 2.76. The van der Waals surface area contributed by atoms with Gasteiger partial charge in [-0.05, 0) is 59.3 Å². The van der Waals surface area contributed by atoms with Crippen LogP contribution in [-0.2, 0) is 21.2 Å². The van der Waals surface area contributed by atoms with Gasteiger partial charge in [0.05, 0.1) is 16.1 Å². The molecular weight excluding hydrogens is 375 g/mol. The van der Waals surface area contributed by atoms with Crippen molar-refractivity contribution < 1.29 is 17.6 Å². The SMILES string of the molecule is CS(=O)(=O)N[C@H]1CC[C@](Cc2ccc(Br)c(F)c2)(C(N)=O)C1. The topological polar surface area (TPSA) is 89.3 Å². The second kappa shape index (κ2) is 6.25. The van der Waals surface area contributed by atoms with Crippen molar-refractivity contribution in [2.45, 2.75) is 31.7 Å². The Kier molecular flexibility index (Phi) is 4.93. The lowest BCUT2D eigenvalue weighted by atomic mass is 9.79. The van der Waals surface area contributed by atoms with Gasteiger partial charge in [-0.2, -0.15) is 0 Å². The molecule has 1 aromatic rings. The van der Waals surface area contributed by atoms with Crippen LogP contribution in [0.25, 0.3) is 0 Å². The van der Waals surface area contributed by atoms with Crippen LogP contribution in [0.5, 0.6) is 0 Å². The highest BCUT2D eigenvalue weighted by molar-refractivity contribution is 9.10. The van der Waals surface area contributed by atoms with Crippen LogP contribution < -0.4 is 10.5 Å². The highest BCUT2D eigenvalue weighted by Gasteiger charge is 2.44. The fourth-order valence-corrected chi connectivity index (χ4v) is 4.09. The van der Waals surface area contributed by atoms with E-state index in [0.717, 1.165) is 6.26 Å². The number of sulfonamides is 1. The van der Waals surface area contributed by atoms with Crippen molar-refractivity contribution in [2.75, 3.05) is 6.26 Å². The first kappa shape index (κ1) is 17.4. The van der Waals surface area contributed by atoms with E-state index in [9.17, 15) is 17.6 Å². The van der Waals surface area contributed by atoms with Gasteiger partial charge >= 0.3 is 0 Å². The number of benzene rings is 1. The number of primary amides is 1. The van der Waals surface area contributed by atoms with Crippen molar-refractivity contribution in [3.8, 4) is 0 Å². The van der Waals surface area contributed by atoms with Crippen molar-refractivity contribution in [3.63, 3.8) is 0 Å². The summed E-state index contributed by atoms with van der Waals surface area (Å²) >= 11 is 3.08. The van der Waals surface area contributed by atoms with Crippen molar-refractivity contribution >= 4 is 31.9 Å². The fraction of sp³-hybridized carbons (Fsp3) is 0.500. The van der Waals surface area contributed by atoms with Gasteiger partial charge in [-0.15, -0.1) is 0 Å². The highest BCUT2D eigenvalue weighted by Crippen LogP contribution is 2.41. The molecule has 0 unspecified atom stereocenters. The standard InChI is InChI=1S/C14H18BrFN2O3S/c1-22(20,21)18-10-4-5-14(8-10,13(17)19)7-9-2-3-11(15)12(16)6-9/h2-3,6,10,18H,4-5,7-8H2,1H3,(H2,17,19)/t10-,14+/m0/s1. The predicted octanol–water partition coefficient (Wildman–Crippen LogP) is 1.70. The molecule has 0 aliphatic heterocycles. The molecule has 1 amide bonds. The molecule has 8 heteroatoms. The number of halogens is 2. The molecule has 0 radical (unpaired) electrons. The molecular formula is C14H18BrFN2O3S. The van der Waals surface area contributed by atoms with Gasteiger partial charge in [0.25, 0.3) is 0 Å². The highest BCUT2D eigenvalue weighted by atomic mass is 79.9. The van der Waals surface area contributed by atoms with Gasteiger partial charge in [-0.3, -0.25) is 4.79 Å². The largest absolute Gasteiger partial charge is 0.369 e. The molecule has 5 nitrogen and oxygen atoms in total. The quantitative estimate of drug-likeness (QED) is 0.798. The Bertz CT molecular complexity index is 695. The summed E-state index contributed by atoms with van der Waals surface area (Å²) in [6.07, 6.45) is 2.73. The molecule has 122 valence electrons. The number of nitrogens with two attached hydrogens (primary N) is 1. The summed E-state index contributed by atoms with van der Waals surface area (Å²) in [7, 11) is -3.34. The van der Waals surface area contributed by atoms with Gasteiger partial charge < -0.3 is 5.73 Å². The third-order valence-electron chi connectivity index (χ3n) is 4.04. The van der Waals surface area contributed by atoms with Crippen LogP contribution in [0.3, 0.4) is 0 Å². The number of hydrogen-bond acceptors (Lipinski definition) is 3. The zero-order valence-electron chi connectivity index (χ0n) is 12.1. The minimum absolute atomic E-state index is 0.300. The van der Waals surface area contributed by atoms with Crippen LogP contribution in [0.15, 0.2) is 22.7 Å². The van der Waals surface area contributed by atoms with Gasteiger partial charge in [0.15, 0.2) is 0 Å². The Morgan fingerprint density at radius 2 is 2.23 bits per heavy atom. The molecule has 22 heavy (non-hydrogen) atoms. The van der Waals surface area contributed by atoms with Crippen LogP contribution in [0.2, 0.25) is 0 Å². The molecule has 0 heterocycles. The Balaban J connectivity index is 2.20. The molecule has 0 aromatic heterocycles. The third kappa shape index (κ3) is 4.05. The molecule has 1 aliphatic carbocycles. The molecule has 1 aromatic carbocycles. The summed E-state index contributed by atoms with van der Waals surface area (Å²) in [5, 5.41) is 0. The van der Waals surface area contributed by atoms with Gasteiger partial charge in [0.1, 0.15) is 5.82 Å². The first-order valence-electron chi connectivity index (χ1n) is 6.82. The third-order valence-corrected chi connectivity index (χ3v) is 5.44. The first-order valence-corrected chi connectivity index (χ1v) is 9.51. The van der Waals surface area contributed by atoms with Crippen LogP contribution in [0.4, 0.5) is 4.39 Å². The zero-order chi connectivity index (χ0) is 16.5. The van der Waals surface area contributed by atoms with Crippen LogP contribution in [0, 0.1) is 11.2 Å². The van der Waals surface area contributed by atoms with Crippen LogP contribution >= 0.6 is 15.9 Å². The number of carbonyl (C=O) groups is 1. The number of nitrogens with one attached hydrogen (secondary N) is 1. The zero-order valence-corrected chi connectivity index (χ0v) is 14.5. The molecule has 2 rings (SSSR count). The van der Waals surface area contributed by atoms with Gasteiger partial charge in [0.2, 0.25) is 15.9 Å². The van der Waals surface area contributed by atoms with E-state index in [1.165, 1.54) is 6.07 Å². The number of carbonyl (C=O) groups excluding carboxylic acids is 1. The van der Waals surface area contributed by atoms with E-state index in [4.69, 9.17) is 5.73 Å². The first-order chi connectivity index (χ1) is 10.1. The second-order valence-corrected chi connectivity index (χ2v) is 8.53. The van der Waals surface area contributed by atoms with Crippen molar-refractivity contribution in [3.05, 3.63) is 34.1 Å². The van der Waals surface area contributed by atoms with E-state index >= 15 is 0 Å². The molecule has 1 saturated carbocycles. The molecule has 0 saturated heterocycles. The summed E-state index contributed by atoms with van der Waals surface area (Å²) in [5.41, 5.74) is 5.38. The number of rotatable bonds is 5. The van der Waals surface area contributed by atoms with Crippen molar-refractivity contribution in [1.82, 2.24) is 4.72 Å². The average molecular weight is 393 g/mol. The fourth-order valence-electron chi connectivity index (χ4n) is 3.04. The second-order valence-electron chi connectivity index (χ2n) is 5.90. The summed E-state index contributed by atoms with van der Waals surface area (Å²) < 4.78 is 39.1. The molecule has 2 atom stereocenters. The maximum Gasteiger partial charge on any atom is 0.224 e. The summed E-state index contributed by atoms with van der Waals surface area (Å²) in [6, 6.07) is 4.37. The van der Waals surface area contributed by atoms with Gasteiger partial charge in [0, 0.05) is 6.04 Å². The predicted molar refractivity (Wildman–Crippen MR) is 85.0 cm³/mol. The molecule has 0 bridgehead atoms. The summed E-state index contributed by atoms with van der Waals surface area (Å²) in [6.45, 7) is 0. The summed E-state index contributed by atoms with van der Waals surface area (Å²) in [4.78, 5) is 11.9. The minimum Gasteiger partial charge on any atom is -0.369 e. The number of hydrogen-bond donors (Lipinski definition) is 2. The van der Waals surface area contributed by atoms with Crippen molar-refractivity contribution in [1.29, 1.82) is 0 Å². The molecule has 1 aliphatic rings. The van der Waals surface area contributed by atoms with Gasteiger partial charge in [-0.25, -0.2) is 17.5 Å². The maximum absolute atomic E-state index is 13.6.